The zero-order valence-corrected chi connectivity index (χ0v) is 18.9. The summed E-state index contributed by atoms with van der Waals surface area (Å²) in [6.07, 6.45) is -7.43. The quantitative estimate of drug-likeness (QED) is 0.450. The number of nitrogens with zero attached hydrogens (tertiary/aromatic N) is 3. The monoisotopic (exact) mass is 508 g/mol. The first-order valence-electron chi connectivity index (χ1n) is 11.1. The van der Waals surface area contributed by atoms with Gasteiger partial charge in [-0.3, -0.25) is 9.69 Å². The smallest absolute Gasteiger partial charge is 0.354 e. The number of carbonyl (C=O) groups excluding carboxylic acids is 1. The molecule has 1 aliphatic rings. The molecule has 0 radical (unpaired) electrons. The first-order valence-corrected chi connectivity index (χ1v) is 11.1. The second kappa shape index (κ2) is 10.2. The van der Waals surface area contributed by atoms with Crippen molar-refractivity contribution in [2.75, 3.05) is 36.4 Å². The van der Waals surface area contributed by atoms with Crippen molar-refractivity contribution in [1.82, 2.24) is 9.88 Å². The Morgan fingerprint density at radius 3 is 2.08 bits per heavy atom. The van der Waals surface area contributed by atoms with E-state index in [1.54, 1.807) is 18.2 Å². The summed E-state index contributed by atoms with van der Waals surface area (Å²) < 4.78 is 77.8. The minimum absolute atomic E-state index is 0.0790. The molecule has 1 fully saturated rings. The summed E-state index contributed by atoms with van der Waals surface area (Å²) >= 11 is 0. The number of hydrogen-bond donors (Lipinski definition) is 1. The highest BCUT2D eigenvalue weighted by Crippen LogP contribution is 2.33. The van der Waals surface area contributed by atoms with E-state index in [0.29, 0.717) is 37.7 Å². The molecule has 1 N–H and O–H groups in total. The number of halogens is 6. The fourth-order valence-corrected chi connectivity index (χ4v) is 3.97. The maximum Gasteiger partial charge on any atom is 0.416 e. The molecule has 0 bridgehead atoms. The summed E-state index contributed by atoms with van der Waals surface area (Å²) in [6.45, 7) is 2.45. The third-order valence-electron chi connectivity index (χ3n) is 5.89. The van der Waals surface area contributed by atoms with E-state index in [9.17, 15) is 31.1 Å². The van der Waals surface area contributed by atoms with Crippen molar-refractivity contribution in [2.45, 2.75) is 18.9 Å². The van der Waals surface area contributed by atoms with Gasteiger partial charge in [0.15, 0.2) is 0 Å². The van der Waals surface area contributed by atoms with Crippen molar-refractivity contribution in [1.29, 1.82) is 0 Å². The van der Waals surface area contributed by atoms with E-state index >= 15 is 0 Å². The largest absolute Gasteiger partial charge is 0.416 e. The van der Waals surface area contributed by atoms with Gasteiger partial charge in [-0.1, -0.05) is 18.2 Å². The van der Waals surface area contributed by atoms with Gasteiger partial charge in [0, 0.05) is 38.3 Å². The van der Waals surface area contributed by atoms with Crippen LogP contribution in [0.1, 0.15) is 27.0 Å². The second-order valence-electron chi connectivity index (χ2n) is 8.35. The minimum Gasteiger partial charge on any atom is -0.354 e. The van der Waals surface area contributed by atoms with Gasteiger partial charge in [-0.15, -0.1) is 0 Å². The van der Waals surface area contributed by atoms with E-state index in [4.69, 9.17) is 0 Å². The summed E-state index contributed by atoms with van der Waals surface area (Å²) in [5.74, 6) is 0.0869. The summed E-state index contributed by atoms with van der Waals surface area (Å²) in [7, 11) is 0. The zero-order chi connectivity index (χ0) is 25.9. The number of amides is 1. The fourth-order valence-electron chi connectivity index (χ4n) is 3.97. The fraction of sp³-hybridized carbons (Fsp3) is 0.280. The number of aromatic nitrogens is 1. The van der Waals surface area contributed by atoms with Gasteiger partial charge in [0.05, 0.1) is 23.0 Å². The Balaban J connectivity index is 1.31. The summed E-state index contributed by atoms with van der Waals surface area (Å²) in [4.78, 5) is 20.6. The van der Waals surface area contributed by atoms with Crippen LogP contribution in [-0.4, -0.2) is 42.0 Å². The third-order valence-corrected chi connectivity index (χ3v) is 5.89. The number of alkyl halides is 6. The molecule has 1 aromatic heterocycles. The molecule has 0 unspecified atom stereocenters. The number of anilines is 2. The van der Waals surface area contributed by atoms with Crippen LogP contribution in [-0.2, 0) is 18.9 Å². The van der Waals surface area contributed by atoms with Gasteiger partial charge in [0.2, 0.25) is 0 Å². The first-order chi connectivity index (χ1) is 17.0. The van der Waals surface area contributed by atoms with Crippen molar-refractivity contribution < 1.29 is 31.1 Å². The van der Waals surface area contributed by atoms with Crippen LogP contribution >= 0.6 is 0 Å². The number of hydrogen-bond acceptors (Lipinski definition) is 4. The number of pyridine rings is 1. The maximum absolute atomic E-state index is 13.3. The van der Waals surface area contributed by atoms with E-state index in [1.165, 1.54) is 18.3 Å². The number of rotatable bonds is 5. The van der Waals surface area contributed by atoms with Crippen LogP contribution in [0.5, 0.6) is 0 Å². The predicted octanol–water partition coefficient (Wildman–Crippen LogP) is 5.69. The molecule has 1 saturated heterocycles. The van der Waals surface area contributed by atoms with Crippen LogP contribution in [0.2, 0.25) is 0 Å². The number of piperazine rings is 1. The van der Waals surface area contributed by atoms with E-state index in [2.05, 4.69) is 10.3 Å². The predicted molar refractivity (Wildman–Crippen MR) is 123 cm³/mol. The Morgan fingerprint density at radius 2 is 1.50 bits per heavy atom. The minimum atomic E-state index is -4.48. The molecule has 0 atom stereocenters. The Hall–Kier alpha value is -3.60. The van der Waals surface area contributed by atoms with Crippen molar-refractivity contribution >= 4 is 17.4 Å². The Bertz CT molecular complexity index is 1180. The summed E-state index contributed by atoms with van der Waals surface area (Å²) in [5.41, 5.74) is -0.760. The average Bonchev–Trinajstić information content (AvgIpc) is 2.84. The average molecular weight is 508 g/mol. The van der Waals surface area contributed by atoms with Crippen LogP contribution < -0.4 is 10.2 Å². The molecule has 2 aromatic carbocycles. The van der Waals surface area contributed by atoms with Gasteiger partial charge in [-0.25, -0.2) is 4.98 Å². The van der Waals surface area contributed by atoms with Crippen molar-refractivity contribution in [3.8, 4) is 0 Å². The van der Waals surface area contributed by atoms with E-state index in [-0.39, 0.29) is 17.7 Å². The highest BCUT2D eigenvalue weighted by molar-refractivity contribution is 6.04. The lowest BCUT2D eigenvalue weighted by molar-refractivity contribution is -0.139. The van der Waals surface area contributed by atoms with Gasteiger partial charge in [-0.05, 0) is 48.0 Å². The molecule has 190 valence electrons. The van der Waals surface area contributed by atoms with E-state index < -0.39 is 29.4 Å². The highest BCUT2D eigenvalue weighted by Gasteiger charge is 2.33. The Morgan fingerprint density at radius 1 is 0.833 bits per heavy atom. The molecule has 0 spiro atoms. The van der Waals surface area contributed by atoms with Gasteiger partial charge in [0.1, 0.15) is 5.82 Å². The molecule has 3 aromatic rings. The van der Waals surface area contributed by atoms with Gasteiger partial charge in [-0.2, -0.15) is 26.3 Å². The third kappa shape index (κ3) is 6.14. The van der Waals surface area contributed by atoms with Gasteiger partial charge >= 0.3 is 12.4 Å². The summed E-state index contributed by atoms with van der Waals surface area (Å²) in [6, 6.07) is 12.8. The zero-order valence-electron chi connectivity index (χ0n) is 18.9. The topological polar surface area (TPSA) is 48.5 Å². The molecule has 2 heterocycles. The van der Waals surface area contributed by atoms with Gasteiger partial charge < -0.3 is 10.2 Å². The molecule has 1 amide bonds. The van der Waals surface area contributed by atoms with Crippen LogP contribution in [0, 0.1) is 0 Å². The molecular weight excluding hydrogens is 486 g/mol. The molecule has 11 heteroatoms. The second-order valence-corrected chi connectivity index (χ2v) is 8.35. The molecule has 0 saturated carbocycles. The van der Waals surface area contributed by atoms with Crippen LogP contribution in [0.4, 0.5) is 37.8 Å². The van der Waals surface area contributed by atoms with Gasteiger partial charge in [0.25, 0.3) is 5.91 Å². The van der Waals surface area contributed by atoms with Crippen LogP contribution in [0.25, 0.3) is 0 Å². The lowest BCUT2D eigenvalue weighted by Crippen LogP contribution is -2.46. The lowest BCUT2D eigenvalue weighted by Gasteiger charge is -2.35. The molecule has 4 rings (SSSR count). The normalized spacial score (nSPS) is 15.1. The number of nitrogens with one attached hydrogen (secondary N) is 1. The Kier molecular flexibility index (Phi) is 7.21. The lowest BCUT2D eigenvalue weighted by atomic mass is 10.1. The van der Waals surface area contributed by atoms with Crippen LogP contribution in [0.15, 0.2) is 66.9 Å². The standard InChI is InChI=1S/C25H22F6N4O/c26-24(27,28)19-7-5-17(6-8-19)23(36)33-20-9-10-22(32-15-20)35-13-11-34(12-14-35)16-18-3-1-2-4-21(18)25(29,30)31/h1-10,15H,11-14,16H2,(H,33,36). The van der Waals surface area contributed by atoms with Crippen molar-refractivity contribution in [2.24, 2.45) is 0 Å². The molecule has 1 aliphatic heterocycles. The Labute approximate surface area is 203 Å². The molecule has 36 heavy (non-hydrogen) atoms. The van der Waals surface area contributed by atoms with E-state index in [0.717, 1.165) is 30.3 Å². The SMILES string of the molecule is O=C(Nc1ccc(N2CCN(Cc3ccccc3C(F)(F)F)CC2)nc1)c1ccc(C(F)(F)F)cc1. The summed E-state index contributed by atoms with van der Waals surface area (Å²) in [5, 5.41) is 2.60. The number of carbonyl (C=O) groups is 1. The van der Waals surface area contributed by atoms with E-state index in [1.807, 2.05) is 9.80 Å². The van der Waals surface area contributed by atoms with Crippen molar-refractivity contribution in [3.05, 3.63) is 89.1 Å². The molecule has 5 nitrogen and oxygen atoms in total. The maximum atomic E-state index is 13.3. The first kappa shape index (κ1) is 25.5. The molecule has 0 aliphatic carbocycles. The van der Waals surface area contributed by atoms with Crippen LogP contribution in [0.3, 0.4) is 0 Å². The van der Waals surface area contributed by atoms with Crippen molar-refractivity contribution in [3.63, 3.8) is 0 Å². The number of benzene rings is 2. The highest BCUT2D eigenvalue weighted by atomic mass is 19.4. The molecular formula is C25H22F6N4O.